The fourth-order valence-electron chi connectivity index (χ4n) is 4.68. The molecule has 2 fully saturated rings. The van der Waals surface area contributed by atoms with Crippen molar-refractivity contribution in [3.63, 3.8) is 0 Å². The van der Waals surface area contributed by atoms with Crippen molar-refractivity contribution in [2.24, 2.45) is 11.3 Å². The number of ether oxygens (including phenoxy) is 3. The molecule has 2 saturated heterocycles. The average molecular weight is 485 g/mol. The van der Waals surface area contributed by atoms with Crippen molar-refractivity contribution >= 4 is 11.9 Å². The molecule has 9 heteroatoms. The summed E-state index contributed by atoms with van der Waals surface area (Å²) in [7, 11) is 1.35. The van der Waals surface area contributed by atoms with Gasteiger partial charge in [-0.3, -0.25) is 14.6 Å². The van der Waals surface area contributed by atoms with Gasteiger partial charge < -0.3 is 19.1 Å². The van der Waals surface area contributed by atoms with E-state index >= 15 is 0 Å². The lowest BCUT2D eigenvalue weighted by molar-refractivity contribution is -0.155. The second-order valence-corrected chi connectivity index (χ2v) is 10.0. The molecule has 4 heterocycles. The molecule has 0 N–H and O–H groups in total. The summed E-state index contributed by atoms with van der Waals surface area (Å²) in [6.07, 6.45) is 8.61. The molecule has 9 nitrogen and oxygen atoms in total. The number of aromatic nitrogens is 3. The van der Waals surface area contributed by atoms with Gasteiger partial charge in [-0.15, -0.1) is 0 Å². The van der Waals surface area contributed by atoms with Crippen molar-refractivity contribution in [2.45, 2.75) is 58.6 Å². The predicted molar refractivity (Wildman–Crippen MR) is 130 cm³/mol. The van der Waals surface area contributed by atoms with Crippen LogP contribution in [0.1, 0.15) is 58.6 Å². The number of hydrogen-bond donors (Lipinski definition) is 0. The highest BCUT2D eigenvalue weighted by Crippen LogP contribution is 2.29. The van der Waals surface area contributed by atoms with E-state index in [1.807, 2.05) is 27.8 Å². The number of likely N-dealkylation sites (tertiary alicyclic amines) is 1. The smallest absolute Gasteiger partial charge is 0.311 e. The molecule has 0 bridgehead atoms. The van der Waals surface area contributed by atoms with E-state index in [0.29, 0.717) is 25.6 Å². The topological polar surface area (TPSA) is 95.8 Å². The normalized spacial score (nSPS) is 19.4. The van der Waals surface area contributed by atoms with Crippen LogP contribution in [0.15, 0.2) is 30.6 Å². The molecule has 1 unspecified atom stereocenters. The number of nitrogens with zero attached hydrogens (tertiary/aromatic N) is 4. The molecule has 35 heavy (non-hydrogen) atoms. The van der Waals surface area contributed by atoms with Crippen molar-refractivity contribution < 1.29 is 23.8 Å². The lowest BCUT2D eigenvalue weighted by Gasteiger charge is -2.33. The maximum absolute atomic E-state index is 12.6. The van der Waals surface area contributed by atoms with Gasteiger partial charge in [0.2, 0.25) is 5.91 Å². The first kappa shape index (κ1) is 25.2. The van der Waals surface area contributed by atoms with Gasteiger partial charge in [-0.25, -0.2) is 4.68 Å². The van der Waals surface area contributed by atoms with E-state index in [1.165, 1.54) is 7.11 Å². The highest BCUT2D eigenvalue weighted by Gasteiger charge is 2.34. The van der Waals surface area contributed by atoms with E-state index in [0.717, 1.165) is 55.8 Å². The Bertz CT molecular complexity index is 989. The summed E-state index contributed by atoms with van der Waals surface area (Å²) in [6.45, 7) is 6.19. The molecule has 0 radical (unpaired) electrons. The fourth-order valence-corrected chi connectivity index (χ4v) is 4.68. The fraction of sp³-hybridized carbons (Fsp3) is 0.615. The molecule has 0 aromatic carbocycles. The zero-order valence-corrected chi connectivity index (χ0v) is 20.9. The Morgan fingerprint density at radius 2 is 1.94 bits per heavy atom. The van der Waals surface area contributed by atoms with Crippen LogP contribution in [0.3, 0.4) is 0 Å². The number of piperidine rings is 1. The lowest BCUT2D eigenvalue weighted by atomic mass is 9.88. The van der Waals surface area contributed by atoms with Crippen LogP contribution < -0.4 is 4.74 Å². The standard InChI is InChI=1S/C26H36N4O5/c1-26(2,25(32)33-3)16-23(31)29-13-10-19(11-14-29)18-35-20-7-8-21(27-17-20)22-9-12-28-30(22)24-6-4-5-15-34-24/h7-9,12,17,19,24H,4-6,10-11,13-16,18H2,1-3H3. The SMILES string of the molecule is COC(=O)C(C)(C)CC(=O)N1CCC(COc2ccc(-c3ccnn3C3CCCCO3)nc2)CC1. The summed E-state index contributed by atoms with van der Waals surface area (Å²) in [5.74, 6) is 0.738. The number of methoxy groups -OCH3 is 1. The summed E-state index contributed by atoms with van der Waals surface area (Å²) < 4.78 is 18.6. The van der Waals surface area contributed by atoms with E-state index < -0.39 is 5.41 Å². The Balaban J connectivity index is 1.25. The van der Waals surface area contributed by atoms with Crippen molar-refractivity contribution in [3.05, 3.63) is 30.6 Å². The van der Waals surface area contributed by atoms with Crippen LogP contribution in [0.2, 0.25) is 0 Å². The third-order valence-electron chi connectivity index (χ3n) is 6.88. The van der Waals surface area contributed by atoms with Gasteiger partial charge in [-0.1, -0.05) is 0 Å². The van der Waals surface area contributed by atoms with Crippen molar-refractivity contribution in [1.82, 2.24) is 19.7 Å². The first-order valence-corrected chi connectivity index (χ1v) is 12.5. The van der Waals surface area contributed by atoms with Gasteiger partial charge in [0, 0.05) is 32.3 Å². The largest absolute Gasteiger partial charge is 0.492 e. The van der Waals surface area contributed by atoms with E-state index in [2.05, 4.69) is 10.1 Å². The molecule has 2 aromatic heterocycles. The van der Waals surface area contributed by atoms with Gasteiger partial charge >= 0.3 is 5.97 Å². The van der Waals surface area contributed by atoms with Crippen molar-refractivity contribution in [1.29, 1.82) is 0 Å². The number of esters is 1. The summed E-state index contributed by atoms with van der Waals surface area (Å²) in [4.78, 5) is 31.0. The third-order valence-corrected chi connectivity index (χ3v) is 6.88. The van der Waals surface area contributed by atoms with Crippen LogP contribution in [-0.2, 0) is 19.1 Å². The first-order valence-electron chi connectivity index (χ1n) is 12.5. The molecule has 0 spiro atoms. The Labute approximate surface area is 206 Å². The highest BCUT2D eigenvalue weighted by molar-refractivity contribution is 5.85. The van der Waals surface area contributed by atoms with Gasteiger partial charge in [0.1, 0.15) is 5.75 Å². The third kappa shape index (κ3) is 6.20. The van der Waals surface area contributed by atoms with Crippen LogP contribution in [0.4, 0.5) is 0 Å². The van der Waals surface area contributed by atoms with E-state index in [9.17, 15) is 9.59 Å². The molecule has 0 saturated carbocycles. The van der Waals surface area contributed by atoms with Crippen LogP contribution in [0.5, 0.6) is 5.75 Å². The Hall–Kier alpha value is -2.94. The van der Waals surface area contributed by atoms with Crippen LogP contribution >= 0.6 is 0 Å². The summed E-state index contributed by atoms with van der Waals surface area (Å²) in [6, 6.07) is 5.85. The minimum atomic E-state index is -0.813. The quantitative estimate of drug-likeness (QED) is 0.525. The number of carbonyl (C=O) groups is 2. The van der Waals surface area contributed by atoms with Gasteiger partial charge in [0.15, 0.2) is 6.23 Å². The summed E-state index contributed by atoms with van der Waals surface area (Å²) in [5.41, 5.74) is 0.966. The predicted octanol–water partition coefficient (Wildman–Crippen LogP) is 3.85. The second kappa shape index (κ2) is 11.2. The second-order valence-electron chi connectivity index (χ2n) is 10.0. The number of pyridine rings is 1. The molecule has 2 aliphatic rings. The maximum Gasteiger partial charge on any atom is 0.311 e. The van der Waals surface area contributed by atoms with Crippen molar-refractivity contribution in [2.75, 3.05) is 33.4 Å². The molecule has 1 atom stereocenters. The molecular weight excluding hydrogens is 448 g/mol. The van der Waals surface area contributed by atoms with E-state index in [1.54, 1.807) is 26.2 Å². The Morgan fingerprint density at radius 1 is 1.14 bits per heavy atom. The molecule has 1 amide bonds. The Morgan fingerprint density at radius 3 is 2.60 bits per heavy atom. The van der Waals surface area contributed by atoms with Crippen LogP contribution in [0.25, 0.3) is 11.4 Å². The zero-order chi connectivity index (χ0) is 24.8. The molecular formula is C26H36N4O5. The molecule has 4 rings (SSSR count). The number of rotatable bonds is 8. The zero-order valence-electron chi connectivity index (χ0n) is 20.9. The van der Waals surface area contributed by atoms with Gasteiger partial charge in [0.25, 0.3) is 0 Å². The van der Waals surface area contributed by atoms with Gasteiger partial charge in [-0.05, 0) is 70.1 Å². The molecule has 0 aliphatic carbocycles. The summed E-state index contributed by atoms with van der Waals surface area (Å²) in [5, 5.41) is 4.46. The number of carbonyl (C=O) groups excluding carboxylic acids is 2. The lowest BCUT2D eigenvalue weighted by Crippen LogP contribution is -2.42. The maximum atomic E-state index is 12.6. The molecule has 2 aliphatic heterocycles. The summed E-state index contributed by atoms with van der Waals surface area (Å²) >= 11 is 0. The minimum absolute atomic E-state index is 0.00238. The Kier molecular flexibility index (Phi) is 8.05. The number of amides is 1. The minimum Gasteiger partial charge on any atom is -0.492 e. The van der Waals surface area contributed by atoms with E-state index in [4.69, 9.17) is 14.2 Å². The molecule has 2 aromatic rings. The molecule has 190 valence electrons. The van der Waals surface area contributed by atoms with E-state index in [-0.39, 0.29) is 24.5 Å². The van der Waals surface area contributed by atoms with Crippen LogP contribution in [-0.4, -0.2) is 65.0 Å². The average Bonchev–Trinajstić information content (AvgIpc) is 3.38. The van der Waals surface area contributed by atoms with Crippen LogP contribution in [0, 0.1) is 11.3 Å². The highest BCUT2D eigenvalue weighted by atomic mass is 16.5. The van der Waals surface area contributed by atoms with Crippen molar-refractivity contribution in [3.8, 4) is 17.1 Å². The van der Waals surface area contributed by atoms with Gasteiger partial charge in [0.05, 0.1) is 36.7 Å². The number of hydrogen-bond acceptors (Lipinski definition) is 7. The monoisotopic (exact) mass is 484 g/mol. The first-order chi connectivity index (χ1) is 16.9. The van der Waals surface area contributed by atoms with Gasteiger partial charge in [-0.2, -0.15) is 5.10 Å².